The standard InChI is InChI=1S/C19H23NO2.ClH/c21-19(16-22-18-10-5-2-6-11-18)12-7-13-20(15-19)14-17-8-3-1-4-9-17;/h1-6,8-11,21H,7,12-16H2;1H. The second-order valence-corrected chi connectivity index (χ2v) is 6.13. The van der Waals surface area contributed by atoms with Crippen LogP contribution in [0.4, 0.5) is 0 Å². The summed E-state index contributed by atoms with van der Waals surface area (Å²) < 4.78 is 5.77. The van der Waals surface area contributed by atoms with Gasteiger partial charge in [-0.15, -0.1) is 12.4 Å². The Kier molecular flexibility index (Phi) is 6.46. The van der Waals surface area contributed by atoms with Crippen molar-refractivity contribution in [1.82, 2.24) is 4.90 Å². The van der Waals surface area contributed by atoms with E-state index in [1.54, 1.807) is 0 Å². The van der Waals surface area contributed by atoms with Crippen molar-refractivity contribution in [2.75, 3.05) is 19.7 Å². The molecule has 1 heterocycles. The number of ether oxygens (including phenoxy) is 1. The van der Waals surface area contributed by atoms with Crippen molar-refractivity contribution in [1.29, 1.82) is 0 Å². The van der Waals surface area contributed by atoms with Crippen LogP contribution in [0.15, 0.2) is 60.7 Å². The summed E-state index contributed by atoms with van der Waals surface area (Å²) in [7, 11) is 0. The highest BCUT2D eigenvalue weighted by Gasteiger charge is 2.34. The predicted molar refractivity (Wildman–Crippen MR) is 95.1 cm³/mol. The maximum Gasteiger partial charge on any atom is 0.119 e. The number of hydrogen-bond donors (Lipinski definition) is 1. The molecule has 3 nitrogen and oxygen atoms in total. The van der Waals surface area contributed by atoms with Crippen LogP contribution < -0.4 is 4.74 Å². The lowest BCUT2D eigenvalue weighted by molar-refractivity contribution is -0.0621. The molecule has 0 aromatic heterocycles. The van der Waals surface area contributed by atoms with E-state index in [1.165, 1.54) is 5.56 Å². The number of likely N-dealkylation sites (tertiary alicyclic amines) is 1. The molecule has 3 rings (SSSR count). The highest BCUT2D eigenvalue weighted by atomic mass is 35.5. The number of piperidine rings is 1. The van der Waals surface area contributed by atoms with E-state index in [0.29, 0.717) is 13.2 Å². The number of benzene rings is 2. The molecule has 1 aliphatic heterocycles. The van der Waals surface area contributed by atoms with Gasteiger partial charge in [-0.25, -0.2) is 0 Å². The van der Waals surface area contributed by atoms with E-state index in [4.69, 9.17) is 4.74 Å². The molecular weight excluding hydrogens is 310 g/mol. The molecule has 2 aromatic rings. The van der Waals surface area contributed by atoms with Gasteiger partial charge >= 0.3 is 0 Å². The number of aliphatic hydroxyl groups is 1. The van der Waals surface area contributed by atoms with Crippen LogP contribution in [-0.2, 0) is 6.54 Å². The van der Waals surface area contributed by atoms with Gasteiger partial charge in [0.2, 0.25) is 0 Å². The first-order chi connectivity index (χ1) is 10.7. The molecule has 0 bridgehead atoms. The Morgan fingerprint density at radius 1 is 1.00 bits per heavy atom. The van der Waals surface area contributed by atoms with Crippen molar-refractivity contribution < 1.29 is 9.84 Å². The van der Waals surface area contributed by atoms with Crippen molar-refractivity contribution in [2.24, 2.45) is 0 Å². The molecule has 1 aliphatic rings. The van der Waals surface area contributed by atoms with Gasteiger partial charge in [0.05, 0.1) is 0 Å². The average molecular weight is 334 g/mol. The van der Waals surface area contributed by atoms with Gasteiger partial charge < -0.3 is 9.84 Å². The lowest BCUT2D eigenvalue weighted by Crippen LogP contribution is -2.51. The fourth-order valence-electron chi connectivity index (χ4n) is 3.03. The fraction of sp³-hybridized carbons (Fsp3) is 0.368. The Balaban J connectivity index is 0.00000192. The summed E-state index contributed by atoms with van der Waals surface area (Å²) >= 11 is 0. The minimum Gasteiger partial charge on any atom is -0.491 e. The highest BCUT2D eigenvalue weighted by Crippen LogP contribution is 2.24. The largest absolute Gasteiger partial charge is 0.491 e. The lowest BCUT2D eigenvalue weighted by Gasteiger charge is -2.39. The molecule has 1 atom stereocenters. The second kappa shape index (κ2) is 8.34. The molecule has 2 aromatic carbocycles. The summed E-state index contributed by atoms with van der Waals surface area (Å²) in [6.07, 6.45) is 1.80. The molecule has 1 unspecified atom stereocenters. The van der Waals surface area contributed by atoms with Gasteiger partial charge in [-0.05, 0) is 37.1 Å². The average Bonchev–Trinajstić information content (AvgIpc) is 2.55. The Morgan fingerprint density at radius 2 is 1.65 bits per heavy atom. The zero-order valence-electron chi connectivity index (χ0n) is 13.2. The molecule has 1 saturated heterocycles. The van der Waals surface area contributed by atoms with Gasteiger partial charge in [0.1, 0.15) is 18.0 Å². The summed E-state index contributed by atoms with van der Waals surface area (Å²) in [5.41, 5.74) is 0.527. The van der Waals surface area contributed by atoms with E-state index in [0.717, 1.165) is 31.7 Å². The van der Waals surface area contributed by atoms with E-state index in [-0.39, 0.29) is 12.4 Å². The van der Waals surface area contributed by atoms with Crippen LogP contribution >= 0.6 is 12.4 Å². The van der Waals surface area contributed by atoms with Crippen LogP contribution in [0.1, 0.15) is 18.4 Å². The van der Waals surface area contributed by atoms with E-state index in [1.807, 2.05) is 36.4 Å². The van der Waals surface area contributed by atoms with Gasteiger partial charge in [-0.2, -0.15) is 0 Å². The highest BCUT2D eigenvalue weighted by molar-refractivity contribution is 5.85. The van der Waals surface area contributed by atoms with Gasteiger partial charge in [0.15, 0.2) is 0 Å². The minimum atomic E-state index is -0.761. The Labute approximate surface area is 144 Å². The van der Waals surface area contributed by atoms with Crippen LogP contribution in [0.25, 0.3) is 0 Å². The molecule has 0 amide bonds. The number of hydrogen-bond acceptors (Lipinski definition) is 3. The number of para-hydroxylation sites is 1. The smallest absolute Gasteiger partial charge is 0.119 e. The van der Waals surface area contributed by atoms with Crippen molar-refractivity contribution in [3.8, 4) is 5.75 Å². The van der Waals surface area contributed by atoms with Crippen LogP contribution in [0.2, 0.25) is 0 Å². The molecule has 0 spiro atoms. The third-order valence-corrected chi connectivity index (χ3v) is 4.13. The quantitative estimate of drug-likeness (QED) is 0.908. The van der Waals surface area contributed by atoms with E-state index in [2.05, 4.69) is 29.2 Å². The minimum absolute atomic E-state index is 0. The molecule has 1 N–H and O–H groups in total. The predicted octanol–water partition coefficient (Wildman–Crippen LogP) is 3.51. The van der Waals surface area contributed by atoms with Crippen LogP contribution in [0.3, 0.4) is 0 Å². The van der Waals surface area contributed by atoms with Crippen molar-refractivity contribution >= 4 is 12.4 Å². The fourth-order valence-corrected chi connectivity index (χ4v) is 3.03. The molecular formula is C19H24ClNO2. The molecule has 0 saturated carbocycles. The van der Waals surface area contributed by atoms with Gasteiger partial charge in [-0.1, -0.05) is 48.5 Å². The van der Waals surface area contributed by atoms with E-state index >= 15 is 0 Å². The molecule has 1 fully saturated rings. The third kappa shape index (κ3) is 5.24. The molecule has 124 valence electrons. The number of nitrogens with zero attached hydrogens (tertiary/aromatic N) is 1. The molecule has 0 radical (unpaired) electrons. The summed E-state index contributed by atoms with van der Waals surface area (Å²) in [4.78, 5) is 2.31. The van der Waals surface area contributed by atoms with Gasteiger partial charge in [0.25, 0.3) is 0 Å². The summed E-state index contributed by atoms with van der Waals surface area (Å²) in [5.74, 6) is 0.816. The summed E-state index contributed by atoms with van der Waals surface area (Å²) in [6.45, 7) is 2.92. The molecule has 4 heteroatoms. The topological polar surface area (TPSA) is 32.7 Å². The summed E-state index contributed by atoms with van der Waals surface area (Å²) in [6, 6.07) is 20.1. The van der Waals surface area contributed by atoms with Crippen LogP contribution in [-0.4, -0.2) is 35.3 Å². The van der Waals surface area contributed by atoms with Crippen molar-refractivity contribution in [3.63, 3.8) is 0 Å². The van der Waals surface area contributed by atoms with E-state index < -0.39 is 5.60 Å². The van der Waals surface area contributed by atoms with Gasteiger partial charge in [-0.3, -0.25) is 4.90 Å². The van der Waals surface area contributed by atoms with Gasteiger partial charge in [0, 0.05) is 13.1 Å². The number of halogens is 1. The van der Waals surface area contributed by atoms with Crippen molar-refractivity contribution in [2.45, 2.75) is 25.0 Å². The Bertz CT molecular complexity index is 578. The summed E-state index contributed by atoms with van der Waals surface area (Å²) in [5, 5.41) is 10.8. The SMILES string of the molecule is Cl.OC1(COc2ccccc2)CCCN(Cc2ccccc2)C1. The van der Waals surface area contributed by atoms with Crippen molar-refractivity contribution in [3.05, 3.63) is 66.2 Å². The molecule has 23 heavy (non-hydrogen) atoms. The second-order valence-electron chi connectivity index (χ2n) is 6.13. The lowest BCUT2D eigenvalue weighted by atomic mass is 9.93. The first-order valence-corrected chi connectivity index (χ1v) is 7.90. The van der Waals surface area contributed by atoms with E-state index in [9.17, 15) is 5.11 Å². The maximum atomic E-state index is 10.8. The number of rotatable bonds is 5. The Hall–Kier alpha value is -1.55. The zero-order valence-corrected chi connectivity index (χ0v) is 14.0. The zero-order chi connectivity index (χ0) is 15.3. The first kappa shape index (κ1) is 17.8. The number of β-amino-alcohol motifs (C(OH)–C–C–N with tert-alkyl or cyclic N) is 1. The van der Waals surface area contributed by atoms with Crippen LogP contribution in [0, 0.1) is 0 Å². The Morgan fingerprint density at radius 3 is 2.35 bits per heavy atom. The van der Waals surface area contributed by atoms with Crippen LogP contribution in [0.5, 0.6) is 5.75 Å². The maximum absolute atomic E-state index is 10.8. The normalized spacial score (nSPS) is 21.4. The monoisotopic (exact) mass is 333 g/mol. The third-order valence-electron chi connectivity index (χ3n) is 4.13. The molecule has 0 aliphatic carbocycles. The first-order valence-electron chi connectivity index (χ1n) is 7.90.